The summed E-state index contributed by atoms with van der Waals surface area (Å²) >= 11 is 3.28. The third-order valence-electron chi connectivity index (χ3n) is 1.46. The van der Waals surface area contributed by atoms with Gasteiger partial charge in [-0.25, -0.2) is 4.79 Å². The molecular formula is C8H8O5S. The van der Waals surface area contributed by atoms with Gasteiger partial charge in [-0.15, -0.1) is 4.33 Å². The second-order valence-electron chi connectivity index (χ2n) is 2.57. The zero-order valence-electron chi connectivity index (χ0n) is 7.26. The molecule has 0 spiro atoms. The van der Waals surface area contributed by atoms with E-state index >= 15 is 0 Å². The molecule has 0 saturated carbocycles. The van der Waals surface area contributed by atoms with E-state index < -0.39 is 5.97 Å². The number of carboxylic acids is 1. The molecule has 0 unspecified atom stereocenters. The summed E-state index contributed by atoms with van der Waals surface area (Å²) in [5.74, 6) is -0.804. The van der Waals surface area contributed by atoms with Gasteiger partial charge in [0, 0.05) is 12.9 Å². The highest BCUT2D eigenvalue weighted by atomic mass is 32.1. The predicted molar refractivity (Wildman–Crippen MR) is 49.9 cm³/mol. The van der Waals surface area contributed by atoms with E-state index in [-0.39, 0.29) is 11.3 Å². The number of rotatable bonds is 4. The fourth-order valence-corrected chi connectivity index (χ4v) is 1.00. The molecule has 14 heavy (non-hydrogen) atoms. The minimum atomic E-state index is -1.04. The van der Waals surface area contributed by atoms with Gasteiger partial charge in [-0.3, -0.25) is 0 Å². The molecule has 0 heterocycles. The van der Waals surface area contributed by atoms with Crippen molar-refractivity contribution in [3.63, 3.8) is 0 Å². The van der Waals surface area contributed by atoms with Crippen molar-refractivity contribution in [3.8, 4) is 5.75 Å². The first kappa shape index (κ1) is 10.8. The maximum absolute atomic E-state index is 10.6. The Morgan fingerprint density at radius 1 is 1.43 bits per heavy atom. The molecular weight excluding hydrogens is 208 g/mol. The lowest BCUT2D eigenvalue weighted by Crippen LogP contribution is -1.99. The van der Waals surface area contributed by atoms with Crippen LogP contribution in [0.4, 0.5) is 0 Å². The van der Waals surface area contributed by atoms with Gasteiger partial charge in [0.05, 0.1) is 5.56 Å². The lowest BCUT2D eigenvalue weighted by molar-refractivity contribution is -0.402. The quantitative estimate of drug-likeness (QED) is 0.347. The van der Waals surface area contributed by atoms with Crippen LogP contribution in [0.3, 0.4) is 0 Å². The first-order valence-corrected chi connectivity index (χ1v) is 3.99. The van der Waals surface area contributed by atoms with Crippen LogP contribution in [0.5, 0.6) is 5.75 Å². The average molecular weight is 216 g/mol. The van der Waals surface area contributed by atoms with E-state index in [1.807, 2.05) is 0 Å². The Balaban J connectivity index is 2.89. The van der Waals surface area contributed by atoms with Crippen LogP contribution in [0.25, 0.3) is 0 Å². The zero-order chi connectivity index (χ0) is 10.6. The summed E-state index contributed by atoms with van der Waals surface area (Å²) in [5, 5.41) is 12.8. The Hall–Kier alpha value is -1.24. The van der Waals surface area contributed by atoms with Gasteiger partial charge in [0.2, 0.25) is 0 Å². The number of aromatic carboxylic acids is 1. The summed E-state index contributed by atoms with van der Waals surface area (Å²) in [6.07, 6.45) is 0. The second-order valence-corrected chi connectivity index (χ2v) is 2.71. The summed E-state index contributed by atoms with van der Waals surface area (Å²) < 4.78 is 3.91. The third kappa shape index (κ3) is 2.91. The van der Waals surface area contributed by atoms with E-state index in [2.05, 4.69) is 27.2 Å². The summed E-state index contributed by atoms with van der Waals surface area (Å²) in [7, 11) is 0. The van der Waals surface area contributed by atoms with Gasteiger partial charge in [-0.2, -0.15) is 0 Å². The van der Waals surface area contributed by atoms with Crippen molar-refractivity contribution < 1.29 is 24.2 Å². The third-order valence-corrected chi connectivity index (χ3v) is 1.52. The summed E-state index contributed by atoms with van der Waals surface area (Å²) in [6, 6.07) is 4.41. The minimum Gasteiger partial charge on any atom is -0.478 e. The van der Waals surface area contributed by atoms with Crippen molar-refractivity contribution in [3.05, 3.63) is 29.3 Å². The molecule has 1 N–H and O–H groups in total. The maximum Gasteiger partial charge on any atom is 0.335 e. The SMILES string of the molecule is Cc1cc(OOOS)cc(C(=O)O)c1. The van der Waals surface area contributed by atoms with E-state index in [9.17, 15) is 4.79 Å². The molecule has 76 valence electrons. The molecule has 0 saturated heterocycles. The highest BCUT2D eigenvalue weighted by Gasteiger charge is 2.06. The highest BCUT2D eigenvalue weighted by molar-refractivity contribution is 7.74. The van der Waals surface area contributed by atoms with Gasteiger partial charge in [0.1, 0.15) is 0 Å². The van der Waals surface area contributed by atoms with Gasteiger partial charge in [0.25, 0.3) is 0 Å². The van der Waals surface area contributed by atoms with Crippen LogP contribution in [0.2, 0.25) is 0 Å². The van der Waals surface area contributed by atoms with Crippen LogP contribution in [-0.2, 0) is 9.37 Å². The smallest absolute Gasteiger partial charge is 0.335 e. The molecule has 1 rings (SSSR count). The molecule has 0 amide bonds. The molecule has 0 bridgehead atoms. The maximum atomic E-state index is 10.6. The molecule has 0 radical (unpaired) electrons. The van der Waals surface area contributed by atoms with Gasteiger partial charge >= 0.3 is 5.97 Å². The van der Waals surface area contributed by atoms with E-state index in [1.165, 1.54) is 12.1 Å². The molecule has 1 aromatic rings. The van der Waals surface area contributed by atoms with Crippen LogP contribution in [-0.4, -0.2) is 11.1 Å². The molecule has 0 aliphatic heterocycles. The first-order chi connectivity index (χ1) is 6.63. The largest absolute Gasteiger partial charge is 0.478 e. The van der Waals surface area contributed by atoms with E-state index in [1.54, 1.807) is 13.0 Å². The Labute approximate surface area is 85.7 Å². The topological polar surface area (TPSA) is 65.0 Å². The summed E-state index contributed by atoms with van der Waals surface area (Å²) in [6.45, 7) is 1.74. The summed E-state index contributed by atoms with van der Waals surface area (Å²) in [4.78, 5) is 15.2. The van der Waals surface area contributed by atoms with Crippen LogP contribution < -0.4 is 4.89 Å². The Kier molecular flexibility index (Phi) is 3.75. The van der Waals surface area contributed by atoms with Crippen molar-refractivity contribution in [1.29, 1.82) is 0 Å². The lowest BCUT2D eigenvalue weighted by Gasteiger charge is -2.03. The molecule has 0 aliphatic rings. The molecule has 0 aliphatic carbocycles. The normalized spacial score (nSPS) is 9.86. The highest BCUT2D eigenvalue weighted by Crippen LogP contribution is 2.17. The van der Waals surface area contributed by atoms with E-state index in [4.69, 9.17) is 5.11 Å². The van der Waals surface area contributed by atoms with Crippen molar-refractivity contribution >= 4 is 18.9 Å². The zero-order valence-corrected chi connectivity index (χ0v) is 8.15. The predicted octanol–water partition coefficient (Wildman–Crippen LogP) is 1.78. The number of carboxylic acid groups (broad SMARTS) is 1. The average Bonchev–Trinajstić information content (AvgIpc) is 2.14. The molecule has 0 aromatic heterocycles. The van der Waals surface area contributed by atoms with Crippen LogP contribution in [0.15, 0.2) is 18.2 Å². The number of benzene rings is 1. The van der Waals surface area contributed by atoms with Crippen molar-refractivity contribution in [1.82, 2.24) is 0 Å². The molecule has 6 heteroatoms. The second kappa shape index (κ2) is 4.85. The van der Waals surface area contributed by atoms with E-state index in [0.29, 0.717) is 0 Å². The van der Waals surface area contributed by atoms with Crippen molar-refractivity contribution in [2.24, 2.45) is 0 Å². The van der Waals surface area contributed by atoms with Gasteiger partial charge in [-0.05, 0) is 35.7 Å². The molecule has 1 aromatic carbocycles. The van der Waals surface area contributed by atoms with Gasteiger partial charge < -0.3 is 9.99 Å². The summed E-state index contributed by atoms with van der Waals surface area (Å²) in [5.41, 5.74) is 0.852. The number of hydrogen-bond acceptors (Lipinski definition) is 5. The first-order valence-electron chi connectivity index (χ1n) is 3.63. The van der Waals surface area contributed by atoms with Gasteiger partial charge in [-0.1, -0.05) is 0 Å². The Morgan fingerprint density at radius 2 is 2.14 bits per heavy atom. The standard InChI is InChI=1S/C8H8O5S/c1-5-2-6(8(9)10)4-7(3-5)11-12-13-14/h2-4,14H,1H3,(H,9,10). The molecule has 0 fully saturated rings. The van der Waals surface area contributed by atoms with Gasteiger partial charge in [0.15, 0.2) is 5.75 Å². The number of carbonyl (C=O) groups is 1. The monoisotopic (exact) mass is 216 g/mol. The molecule has 0 atom stereocenters. The van der Waals surface area contributed by atoms with Crippen molar-refractivity contribution in [2.75, 3.05) is 0 Å². The number of thiol groups is 1. The minimum absolute atomic E-state index is 0.114. The van der Waals surface area contributed by atoms with E-state index in [0.717, 1.165) is 5.56 Å². The molecule has 5 nitrogen and oxygen atoms in total. The fraction of sp³-hybridized carbons (Fsp3) is 0.125. The van der Waals surface area contributed by atoms with Crippen LogP contribution in [0.1, 0.15) is 15.9 Å². The lowest BCUT2D eigenvalue weighted by atomic mass is 10.1. The van der Waals surface area contributed by atoms with Crippen LogP contribution in [0, 0.1) is 6.92 Å². The Bertz CT molecular complexity index is 339. The van der Waals surface area contributed by atoms with Crippen molar-refractivity contribution in [2.45, 2.75) is 6.92 Å². The Morgan fingerprint density at radius 3 is 2.71 bits per heavy atom. The number of hydrogen-bond donors (Lipinski definition) is 2. The fourth-order valence-electron chi connectivity index (χ4n) is 0.974. The van der Waals surface area contributed by atoms with Crippen LogP contribution >= 0.6 is 12.9 Å². The number of aryl methyl sites for hydroxylation is 1.